The van der Waals surface area contributed by atoms with Crippen molar-refractivity contribution >= 4 is 18.3 Å². The summed E-state index contributed by atoms with van der Waals surface area (Å²) in [5, 5.41) is 3.10. The molecule has 2 atom stereocenters. The van der Waals surface area contributed by atoms with Gasteiger partial charge in [0.05, 0.1) is 6.10 Å². The number of nitrogens with one attached hydrogen (secondary N) is 1. The third-order valence-corrected chi connectivity index (χ3v) is 6.73. The van der Waals surface area contributed by atoms with Gasteiger partial charge < -0.3 is 20.5 Å². The second-order valence-electron chi connectivity index (χ2n) is 8.42. The predicted octanol–water partition coefficient (Wildman–Crippen LogP) is 2.94. The van der Waals surface area contributed by atoms with Gasteiger partial charge in [-0.05, 0) is 37.5 Å². The molecule has 2 fully saturated rings. The van der Waals surface area contributed by atoms with Crippen LogP contribution in [0.4, 0.5) is 4.39 Å². The van der Waals surface area contributed by atoms with Gasteiger partial charge >= 0.3 is 0 Å². The van der Waals surface area contributed by atoms with E-state index in [2.05, 4.69) is 5.32 Å². The molecule has 1 aliphatic heterocycles. The molecular formula is C21H32ClFN2O3. The molecule has 0 radical (unpaired) electrons. The van der Waals surface area contributed by atoms with E-state index in [-0.39, 0.29) is 35.7 Å². The van der Waals surface area contributed by atoms with Gasteiger partial charge in [0.25, 0.3) is 0 Å². The molecule has 3 rings (SSSR count). The van der Waals surface area contributed by atoms with Gasteiger partial charge in [0.2, 0.25) is 5.91 Å². The number of amides is 1. The standard InChI is InChI=1S/C21H31FN2O3.ClH/c1-4-27-17-13-21(23,19(17,2)3)18(25)24-14-20(9-11-26-12-10-20)15-5-7-16(22)8-6-15;/h5-8,17H,4,9-14,23H2,1-3H3,(H,24,25);1H. The summed E-state index contributed by atoms with van der Waals surface area (Å²) in [5.41, 5.74) is 5.90. The lowest BCUT2D eigenvalue weighted by Gasteiger charge is -2.57. The molecule has 7 heteroatoms. The summed E-state index contributed by atoms with van der Waals surface area (Å²) in [4.78, 5) is 13.0. The molecule has 1 saturated carbocycles. The maximum atomic E-state index is 13.4. The third kappa shape index (κ3) is 3.92. The lowest BCUT2D eigenvalue weighted by molar-refractivity contribution is -0.171. The Kier molecular flexibility index (Phi) is 7.13. The number of hydrogen-bond donors (Lipinski definition) is 2. The normalized spacial score (nSPS) is 28.0. The molecule has 0 bridgehead atoms. The molecule has 2 aliphatic rings. The van der Waals surface area contributed by atoms with Crippen molar-refractivity contribution in [2.24, 2.45) is 11.1 Å². The van der Waals surface area contributed by atoms with Gasteiger partial charge in [0, 0.05) is 43.6 Å². The van der Waals surface area contributed by atoms with Crippen molar-refractivity contribution in [3.63, 3.8) is 0 Å². The summed E-state index contributed by atoms with van der Waals surface area (Å²) in [5.74, 6) is -0.402. The van der Waals surface area contributed by atoms with E-state index in [1.807, 2.05) is 32.9 Å². The van der Waals surface area contributed by atoms with E-state index in [0.717, 1.165) is 18.4 Å². The Morgan fingerprint density at radius 3 is 2.43 bits per heavy atom. The Hall–Kier alpha value is -1.21. The van der Waals surface area contributed by atoms with Crippen LogP contribution in [-0.2, 0) is 19.7 Å². The molecule has 1 aliphatic carbocycles. The lowest BCUT2D eigenvalue weighted by atomic mass is 9.54. The van der Waals surface area contributed by atoms with Crippen molar-refractivity contribution in [2.75, 3.05) is 26.4 Å². The highest BCUT2D eigenvalue weighted by atomic mass is 35.5. The molecule has 2 unspecified atom stereocenters. The summed E-state index contributed by atoms with van der Waals surface area (Å²) in [6, 6.07) is 6.56. The van der Waals surface area contributed by atoms with Crippen LogP contribution in [0.5, 0.6) is 0 Å². The number of halogens is 2. The molecule has 28 heavy (non-hydrogen) atoms. The Bertz CT molecular complexity index is 677. The van der Waals surface area contributed by atoms with Crippen molar-refractivity contribution in [1.29, 1.82) is 0 Å². The molecule has 0 aromatic heterocycles. The van der Waals surface area contributed by atoms with Crippen LogP contribution >= 0.6 is 12.4 Å². The van der Waals surface area contributed by atoms with Gasteiger partial charge in [-0.2, -0.15) is 0 Å². The van der Waals surface area contributed by atoms with E-state index in [0.29, 0.717) is 32.8 Å². The van der Waals surface area contributed by atoms with Gasteiger partial charge in [-0.1, -0.05) is 26.0 Å². The monoisotopic (exact) mass is 414 g/mol. The largest absolute Gasteiger partial charge is 0.381 e. The van der Waals surface area contributed by atoms with Gasteiger partial charge in [-0.15, -0.1) is 12.4 Å². The molecule has 5 nitrogen and oxygen atoms in total. The minimum Gasteiger partial charge on any atom is -0.381 e. The number of nitrogens with two attached hydrogens (primary N) is 1. The van der Waals surface area contributed by atoms with Crippen LogP contribution < -0.4 is 11.1 Å². The van der Waals surface area contributed by atoms with Crippen LogP contribution in [0.1, 0.15) is 45.6 Å². The van der Waals surface area contributed by atoms with E-state index in [9.17, 15) is 9.18 Å². The van der Waals surface area contributed by atoms with Crippen molar-refractivity contribution in [1.82, 2.24) is 5.32 Å². The minimum atomic E-state index is -0.942. The number of carbonyl (C=O) groups excluding carboxylic acids is 1. The molecule has 1 saturated heterocycles. The van der Waals surface area contributed by atoms with Gasteiger partial charge in [0.1, 0.15) is 11.4 Å². The Morgan fingerprint density at radius 2 is 1.89 bits per heavy atom. The van der Waals surface area contributed by atoms with E-state index in [4.69, 9.17) is 15.2 Å². The first-order valence-electron chi connectivity index (χ1n) is 9.78. The average molecular weight is 415 g/mol. The zero-order valence-corrected chi connectivity index (χ0v) is 17.7. The SMILES string of the molecule is CCOC1CC(N)(C(=O)NCC2(c3ccc(F)cc3)CCOCC2)C1(C)C.Cl. The quantitative estimate of drug-likeness (QED) is 0.750. The van der Waals surface area contributed by atoms with Crippen LogP contribution in [0, 0.1) is 11.2 Å². The van der Waals surface area contributed by atoms with Crippen LogP contribution in [-0.4, -0.2) is 43.9 Å². The highest BCUT2D eigenvalue weighted by Gasteiger charge is 2.63. The fourth-order valence-corrected chi connectivity index (χ4v) is 4.36. The zero-order chi connectivity index (χ0) is 19.7. The summed E-state index contributed by atoms with van der Waals surface area (Å²) >= 11 is 0. The second kappa shape index (κ2) is 8.66. The number of benzene rings is 1. The molecule has 3 N–H and O–H groups in total. The zero-order valence-electron chi connectivity index (χ0n) is 16.9. The maximum absolute atomic E-state index is 13.4. The first kappa shape index (κ1) is 23.1. The number of rotatable bonds is 6. The van der Waals surface area contributed by atoms with Crippen LogP contribution in [0.2, 0.25) is 0 Å². The Morgan fingerprint density at radius 1 is 1.29 bits per heavy atom. The molecule has 1 aromatic carbocycles. The summed E-state index contributed by atoms with van der Waals surface area (Å²) < 4.78 is 24.6. The highest BCUT2D eigenvalue weighted by molar-refractivity contribution is 5.89. The number of ether oxygens (including phenoxy) is 2. The minimum absolute atomic E-state index is 0. The van der Waals surface area contributed by atoms with E-state index < -0.39 is 11.0 Å². The first-order valence-corrected chi connectivity index (χ1v) is 9.78. The summed E-state index contributed by atoms with van der Waals surface area (Å²) in [7, 11) is 0. The fourth-order valence-electron chi connectivity index (χ4n) is 4.36. The molecule has 1 aromatic rings. The molecular weight excluding hydrogens is 383 g/mol. The van der Waals surface area contributed by atoms with E-state index in [1.165, 1.54) is 12.1 Å². The van der Waals surface area contributed by atoms with Crippen molar-refractivity contribution in [3.8, 4) is 0 Å². The van der Waals surface area contributed by atoms with E-state index in [1.54, 1.807) is 0 Å². The highest BCUT2D eigenvalue weighted by Crippen LogP contribution is 2.50. The maximum Gasteiger partial charge on any atom is 0.240 e. The van der Waals surface area contributed by atoms with Crippen LogP contribution in [0.25, 0.3) is 0 Å². The molecule has 158 valence electrons. The number of carbonyl (C=O) groups is 1. The smallest absolute Gasteiger partial charge is 0.240 e. The summed E-state index contributed by atoms with van der Waals surface area (Å²) in [6.07, 6.45) is 2.07. The molecule has 0 spiro atoms. The predicted molar refractivity (Wildman–Crippen MR) is 109 cm³/mol. The average Bonchev–Trinajstić information content (AvgIpc) is 2.67. The van der Waals surface area contributed by atoms with Gasteiger partial charge in [0.15, 0.2) is 0 Å². The van der Waals surface area contributed by atoms with Crippen molar-refractivity contribution in [2.45, 2.75) is 57.1 Å². The fraction of sp³-hybridized carbons (Fsp3) is 0.667. The Labute approximate surface area is 172 Å². The van der Waals surface area contributed by atoms with Crippen molar-refractivity contribution in [3.05, 3.63) is 35.6 Å². The number of hydrogen-bond acceptors (Lipinski definition) is 4. The Balaban J connectivity index is 0.00000280. The topological polar surface area (TPSA) is 73.6 Å². The second-order valence-corrected chi connectivity index (χ2v) is 8.42. The summed E-state index contributed by atoms with van der Waals surface area (Å²) in [6.45, 7) is 8.25. The molecule has 1 amide bonds. The molecule has 1 heterocycles. The third-order valence-electron chi connectivity index (χ3n) is 6.73. The first-order chi connectivity index (χ1) is 12.7. The van der Waals surface area contributed by atoms with E-state index >= 15 is 0 Å². The van der Waals surface area contributed by atoms with Crippen LogP contribution in [0.3, 0.4) is 0 Å². The van der Waals surface area contributed by atoms with Gasteiger partial charge in [-0.25, -0.2) is 4.39 Å². The van der Waals surface area contributed by atoms with Crippen LogP contribution in [0.15, 0.2) is 24.3 Å². The lowest BCUT2D eigenvalue weighted by Crippen LogP contribution is -2.76. The van der Waals surface area contributed by atoms with Crippen molar-refractivity contribution < 1.29 is 18.7 Å². The van der Waals surface area contributed by atoms with Gasteiger partial charge in [-0.3, -0.25) is 4.79 Å².